The first-order chi connectivity index (χ1) is 29.2. The Bertz CT molecular complexity index is 1860. The summed E-state index contributed by atoms with van der Waals surface area (Å²) in [6.45, 7) is 3.10. The molecule has 3 N–H and O–H groups in total. The van der Waals surface area contributed by atoms with Gasteiger partial charge in [0.05, 0.1) is 20.6 Å². The second-order valence-electron chi connectivity index (χ2n) is 12.9. The van der Waals surface area contributed by atoms with Crippen LogP contribution in [0.2, 0.25) is 0 Å². The molecule has 0 aliphatic carbocycles. The molecule has 322 valence electrons. The molecule has 0 aliphatic heterocycles. The monoisotopic (exact) mass is 856 g/mol. The van der Waals surface area contributed by atoms with Crippen molar-refractivity contribution >= 4 is 57.3 Å². The molecule has 2 rings (SSSR count). The molecule has 0 saturated carbocycles. The smallest absolute Gasteiger partial charge is 0.412 e. The molecule has 0 heterocycles. The molecule has 0 aromatic heterocycles. The van der Waals surface area contributed by atoms with Crippen molar-refractivity contribution in [3.8, 4) is 23.0 Å². The fourth-order valence-corrected chi connectivity index (χ4v) is 6.77. The van der Waals surface area contributed by atoms with Crippen molar-refractivity contribution in [3.63, 3.8) is 0 Å². The van der Waals surface area contributed by atoms with Crippen LogP contribution in [-0.2, 0) is 14.4 Å². The number of nitrogens with one attached hydrogen (secondary N) is 2. The van der Waals surface area contributed by atoms with Crippen LogP contribution < -0.4 is 24.8 Å². The largest absolute Gasteiger partial charge is 0.504 e. The molecular formula is C48H60N2O8S2. The highest BCUT2D eigenvalue weighted by atomic mass is 33.1. The van der Waals surface area contributed by atoms with Crippen LogP contribution in [-0.4, -0.2) is 67.5 Å². The zero-order chi connectivity index (χ0) is 43.5. The van der Waals surface area contributed by atoms with Gasteiger partial charge in [0.2, 0.25) is 5.91 Å². The summed E-state index contributed by atoms with van der Waals surface area (Å²) in [5, 5.41) is 15.3. The summed E-state index contributed by atoms with van der Waals surface area (Å²) in [5.74, 6) is 1.43. The first-order valence-corrected chi connectivity index (χ1v) is 22.6. The molecule has 0 aliphatic rings. The number of hydrogen-bond donors (Lipinski definition) is 3. The Kier molecular flexibility index (Phi) is 28.2. The van der Waals surface area contributed by atoms with E-state index in [0.717, 1.165) is 44.3 Å². The van der Waals surface area contributed by atoms with Crippen LogP contribution >= 0.6 is 21.6 Å². The number of carbonyl (C=O) groups excluding carboxylic acids is 4. The van der Waals surface area contributed by atoms with Crippen molar-refractivity contribution in [1.82, 2.24) is 10.6 Å². The average molecular weight is 857 g/mol. The molecule has 0 fully saturated rings. The zero-order valence-corrected chi connectivity index (χ0v) is 36.6. The van der Waals surface area contributed by atoms with Crippen molar-refractivity contribution in [2.75, 3.05) is 38.8 Å². The fraction of sp³-hybridized carbons (Fsp3) is 0.333. The van der Waals surface area contributed by atoms with Gasteiger partial charge in [-0.25, -0.2) is 4.79 Å². The number of carbonyl (C=O) groups is 4. The minimum absolute atomic E-state index is 0.0126. The van der Waals surface area contributed by atoms with Crippen molar-refractivity contribution in [2.45, 2.75) is 64.7 Å². The molecule has 0 radical (unpaired) electrons. The Morgan fingerprint density at radius 1 is 0.617 bits per heavy atom. The number of rotatable bonds is 30. The quantitative estimate of drug-likeness (QED) is 0.0229. The molecule has 0 atom stereocenters. The minimum atomic E-state index is -0.631. The highest BCUT2D eigenvalue weighted by Crippen LogP contribution is 2.29. The lowest BCUT2D eigenvalue weighted by Crippen LogP contribution is -2.29. The summed E-state index contributed by atoms with van der Waals surface area (Å²) in [5.41, 5.74) is 1.25. The van der Waals surface area contributed by atoms with Gasteiger partial charge in [-0.1, -0.05) is 126 Å². The molecule has 2 aromatic carbocycles. The molecule has 2 aromatic rings. The third kappa shape index (κ3) is 25.1. The highest BCUT2D eigenvalue weighted by molar-refractivity contribution is 8.76. The molecule has 0 saturated heterocycles. The lowest BCUT2D eigenvalue weighted by Gasteiger charge is -2.11. The Labute approximate surface area is 364 Å². The lowest BCUT2D eigenvalue weighted by molar-refractivity contribution is -0.122. The van der Waals surface area contributed by atoms with Crippen LogP contribution in [0.4, 0.5) is 4.79 Å². The van der Waals surface area contributed by atoms with Gasteiger partial charge in [-0.15, -0.1) is 0 Å². The Balaban J connectivity index is 1.52. The van der Waals surface area contributed by atoms with E-state index in [1.807, 2.05) is 6.08 Å². The Morgan fingerprint density at radius 3 is 1.63 bits per heavy atom. The summed E-state index contributed by atoms with van der Waals surface area (Å²) < 4.78 is 15.8. The second-order valence-corrected chi connectivity index (χ2v) is 15.6. The van der Waals surface area contributed by atoms with Gasteiger partial charge in [-0.05, 0) is 92.5 Å². The SMILES string of the molecule is CCC=CCC=CCC=CCC=CCC=CCC=CCCC(=O)NCCSSCCNC(=O)Oc1ccc(C=CC(=O)CC(=O)C=Cc2ccc(O)c(OC)c2)cc1OC. The minimum Gasteiger partial charge on any atom is -0.504 e. The molecule has 0 unspecified atom stereocenters. The van der Waals surface area contributed by atoms with Gasteiger partial charge in [0.15, 0.2) is 34.6 Å². The van der Waals surface area contributed by atoms with Gasteiger partial charge in [0.1, 0.15) is 0 Å². The topological polar surface area (TPSA) is 140 Å². The van der Waals surface area contributed by atoms with Gasteiger partial charge in [-0.2, -0.15) is 0 Å². The Hall–Kier alpha value is -5.46. The number of phenols is 1. The van der Waals surface area contributed by atoms with E-state index in [-0.39, 0.29) is 41.1 Å². The second kappa shape index (κ2) is 33.4. The first-order valence-electron chi connectivity index (χ1n) is 20.1. The van der Waals surface area contributed by atoms with Crippen LogP contribution in [0.25, 0.3) is 12.2 Å². The summed E-state index contributed by atoms with van der Waals surface area (Å²) in [4.78, 5) is 49.2. The van der Waals surface area contributed by atoms with E-state index >= 15 is 0 Å². The van der Waals surface area contributed by atoms with Crippen molar-refractivity contribution in [2.24, 2.45) is 0 Å². The van der Waals surface area contributed by atoms with Crippen LogP contribution in [0.3, 0.4) is 0 Å². The van der Waals surface area contributed by atoms with E-state index in [9.17, 15) is 24.3 Å². The molecule has 2 amide bonds. The van der Waals surface area contributed by atoms with E-state index in [1.165, 1.54) is 32.4 Å². The van der Waals surface area contributed by atoms with E-state index in [1.54, 1.807) is 64.1 Å². The molecule has 60 heavy (non-hydrogen) atoms. The van der Waals surface area contributed by atoms with Crippen LogP contribution in [0.1, 0.15) is 75.8 Å². The van der Waals surface area contributed by atoms with Gasteiger partial charge in [0.25, 0.3) is 0 Å². The number of ketones is 2. The summed E-state index contributed by atoms with van der Waals surface area (Å²) in [6, 6.07) is 9.49. The first kappa shape index (κ1) is 50.7. The zero-order valence-electron chi connectivity index (χ0n) is 35.0. The third-order valence-corrected chi connectivity index (χ3v) is 10.5. The lowest BCUT2D eigenvalue weighted by atomic mass is 10.1. The van der Waals surface area contributed by atoms with E-state index in [2.05, 4.69) is 84.4 Å². The number of aromatic hydroxyl groups is 1. The third-order valence-electron chi connectivity index (χ3n) is 8.05. The summed E-state index contributed by atoms with van der Waals surface area (Å²) in [7, 11) is 6.07. The van der Waals surface area contributed by atoms with Crippen molar-refractivity contribution < 1.29 is 38.5 Å². The normalized spacial score (nSPS) is 12.1. The van der Waals surface area contributed by atoms with Crippen LogP contribution in [0.5, 0.6) is 23.0 Å². The number of phenolic OH excluding ortho intramolecular Hbond substituents is 1. The van der Waals surface area contributed by atoms with Crippen LogP contribution in [0, 0.1) is 0 Å². The predicted octanol–water partition coefficient (Wildman–Crippen LogP) is 10.7. The van der Waals surface area contributed by atoms with E-state index in [0.29, 0.717) is 48.6 Å². The average Bonchev–Trinajstić information content (AvgIpc) is 3.24. The highest BCUT2D eigenvalue weighted by Gasteiger charge is 2.11. The van der Waals surface area contributed by atoms with Gasteiger partial charge >= 0.3 is 6.09 Å². The molecular weight excluding hydrogens is 797 g/mol. The number of hydrogen-bond acceptors (Lipinski definition) is 10. The van der Waals surface area contributed by atoms with Crippen LogP contribution in [0.15, 0.2) is 121 Å². The summed E-state index contributed by atoms with van der Waals surface area (Å²) >= 11 is 0. The number of amides is 2. The molecule has 0 spiro atoms. The molecule has 0 bridgehead atoms. The number of methoxy groups -OCH3 is 2. The van der Waals surface area contributed by atoms with Crippen molar-refractivity contribution in [1.29, 1.82) is 0 Å². The number of allylic oxidation sites excluding steroid dienone is 14. The molecule has 12 heteroatoms. The maximum absolute atomic E-state index is 12.4. The number of benzene rings is 2. The van der Waals surface area contributed by atoms with Gasteiger partial charge < -0.3 is 30.0 Å². The predicted molar refractivity (Wildman–Crippen MR) is 250 cm³/mol. The fourth-order valence-electron chi connectivity index (χ4n) is 4.96. The number of ether oxygens (including phenoxy) is 3. The molecule has 10 nitrogen and oxygen atoms in total. The maximum atomic E-state index is 12.4. The standard InChI is InChI=1S/C48H60N2O8S2/c1-4-5-6-7-8-9-10-11-12-13-14-15-16-17-18-19-20-21-22-23-47(54)49-32-34-59-60-35-33-50-48(55)58-44-31-27-40(37-46(44)57-3)25-29-42(52)38-41(51)28-24-39-26-30-43(53)45(36-39)56-2/h5-6,8-9,11-12,14-15,17-18,20-21,24-31,36-37,53H,4,7,10,13,16,19,22-23,32-35,38H2,1-3H3,(H,49,54)(H,50,55). The van der Waals surface area contributed by atoms with Crippen molar-refractivity contribution in [3.05, 3.63) is 133 Å². The van der Waals surface area contributed by atoms with Gasteiger partial charge in [0, 0.05) is 31.0 Å². The summed E-state index contributed by atoms with van der Waals surface area (Å²) in [6.07, 6.45) is 37.6. The van der Waals surface area contributed by atoms with E-state index in [4.69, 9.17) is 14.2 Å². The maximum Gasteiger partial charge on any atom is 0.412 e. The van der Waals surface area contributed by atoms with E-state index < -0.39 is 6.09 Å². The van der Waals surface area contributed by atoms with Gasteiger partial charge in [-0.3, -0.25) is 14.4 Å². The Morgan fingerprint density at radius 2 is 1.10 bits per heavy atom.